The van der Waals surface area contributed by atoms with Gasteiger partial charge in [0, 0.05) is 0 Å². The minimum atomic E-state index is -0.542. The fourth-order valence-corrected chi connectivity index (χ4v) is 2.84. The van der Waals surface area contributed by atoms with Crippen molar-refractivity contribution in [3.8, 4) is 6.01 Å². The Morgan fingerprint density at radius 2 is 2.20 bits per heavy atom. The monoisotopic (exact) mass is 293 g/mol. The molecule has 0 aromatic carbocycles. The van der Waals surface area contributed by atoms with Crippen LogP contribution in [-0.2, 0) is 16.1 Å². The summed E-state index contributed by atoms with van der Waals surface area (Å²) in [4.78, 5) is 23.7. The van der Waals surface area contributed by atoms with Crippen LogP contribution < -0.4 is 10.3 Å². The van der Waals surface area contributed by atoms with Gasteiger partial charge in [-0.05, 0) is 17.5 Å². The zero-order chi connectivity index (χ0) is 14.3. The molecule has 0 amide bonds. The lowest BCUT2D eigenvalue weighted by atomic mass is 10.5. The van der Waals surface area contributed by atoms with Crippen molar-refractivity contribution in [1.29, 1.82) is 0 Å². The predicted molar refractivity (Wildman–Crippen MR) is 73.4 cm³/mol. The normalized spacial score (nSPS) is 11.1. The lowest BCUT2D eigenvalue weighted by Gasteiger charge is -2.08. The summed E-state index contributed by atoms with van der Waals surface area (Å²) < 4.78 is 13.4. The quantitative estimate of drug-likeness (QED) is 0.670. The highest BCUT2D eigenvalue weighted by molar-refractivity contribution is 7.17. The molecule has 0 atom stereocenters. The van der Waals surface area contributed by atoms with Crippen LogP contribution in [0.1, 0.15) is 0 Å². The summed E-state index contributed by atoms with van der Waals surface area (Å²) in [5, 5.41) is 5.98. The first-order chi connectivity index (χ1) is 9.65. The average Bonchev–Trinajstić information content (AvgIpc) is 3.02. The molecule has 0 aliphatic carbocycles. The number of esters is 1. The number of hydrogen-bond donors (Lipinski definition) is 0. The van der Waals surface area contributed by atoms with Gasteiger partial charge in [-0.25, -0.2) is 4.68 Å². The van der Waals surface area contributed by atoms with Crippen molar-refractivity contribution in [1.82, 2.24) is 14.2 Å². The third-order valence-electron chi connectivity index (χ3n) is 2.96. The molecular weight excluding hydrogens is 282 g/mol. The van der Waals surface area contributed by atoms with Crippen molar-refractivity contribution in [2.45, 2.75) is 6.54 Å². The molecule has 0 saturated heterocycles. The zero-order valence-electron chi connectivity index (χ0n) is 10.8. The standard InChI is InChI=1S/C12H11N3O4S/c1-18-10(16)6-14-11(17)8-5-9-7(3-4-20-9)15(8)12(13-14)19-2/h3-5H,6H2,1-2H3. The molecule has 3 aromatic heterocycles. The Morgan fingerprint density at radius 3 is 2.90 bits per heavy atom. The Kier molecular flexibility index (Phi) is 2.94. The van der Waals surface area contributed by atoms with Crippen LogP contribution in [0.4, 0.5) is 0 Å². The second kappa shape index (κ2) is 4.64. The minimum absolute atomic E-state index is 0.247. The van der Waals surface area contributed by atoms with E-state index in [9.17, 15) is 9.59 Å². The van der Waals surface area contributed by atoms with E-state index in [1.165, 1.54) is 25.6 Å². The van der Waals surface area contributed by atoms with Gasteiger partial charge in [0.05, 0.1) is 24.4 Å². The van der Waals surface area contributed by atoms with Gasteiger partial charge in [-0.3, -0.25) is 14.0 Å². The van der Waals surface area contributed by atoms with Gasteiger partial charge in [-0.15, -0.1) is 16.4 Å². The Morgan fingerprint density at radius 1 is 1.40 bits per heavy atom. The van der Waals surface area contributed by atoms with Crippen LogP contribution in [0.2, 0.25) is 0 Å². The van der Waals surface area contributed by atoms with Crippen molar-refractivity contribution in [3.05, 3.63) is 27.9 Å². The van der Waals surface area contributed by atoms with E-state index in [1.54, 1.807) is 10.5 Å². The number of carbonyl (C=O) groups excluding carboxylic acids is 1. The van der Waals surface area contributed by atoms with Crippen LogP contribution in [-0.4, -0.2) is 34.4 Å². The number of carbonyl (C=O) groups is 1. The summed E-state index contributed by atoms with van der Waals surface area (Å²) in [5.41, 5.74) is 0.916. The molecule has 0 radical (unpaired) electrons. The largest absolute Gasteiger partial charge is 0.468 e. The van der Waals surface area contributed by atoms with Crippen molar-refractivity contribution in [2.75, 3.05) is 14.2 Å². The molecule has 20 heavy (non-hydrogen) atoms. The number of hydrogen-bond acceptors (Lipinski definition) is 6. The first kappa shape index (κ1) is 12.7. The lowest BCUT2D eigenvalue weighted by Crippen LogP contribution is -2.29. The van der Waals surface area contributed by atoms with Crippen LogP contribution in [0.3, 0.4) is 0 Å². The van der Waals surface area contributed by atoms with Crippen LogP contribution >= 0.6 is 11.3 Å². The smallest absolute Gasteiger partial charge is 0.327 e. The van der Waals surface area contributed by atoms with Gasteiger partial charge in [0.15, 0.2) is 0 Å². The molecule has 0 N–H and O–H groups in total. The van der Waals surface area contributed by atoms with E-state index in [1.807, 2.05) is 11.4 Å². The van der Waals surface area contributed by atoms with E-state index in [0.717, 1.165) is 14.9 Å². The Balaban J connectivity index is 2.32. The maximum absolute atomic E-state index is 12.3. The fraction of sp³-hybridized carbons (Fsp3) is 0.250. The second-order valence-electron chi connectivity index (χ2n) is 4.06. The molecule has 0 spiro atoms. The van der Waals surface area contributed by atoms with Gasteiger partial charge in [-0.2, -0.15) is 0 Å². The Bertz CT molecular complexity index is 861. The molecule has 3 aromatic rings. The third-order valence-corrected chi connectivity index (χ3v) is 3.82. The topological polar surface area (TPSA) is 74.8 Å². The lowest BCUT2D eigenvalue weighted by molar-refractivity contribution is -0.141. The summed E-state index contributed by atoms with van der Waals surface area (Å²) >= 11 is 1.52. The van der Waals surface area contributed by atoms with Crippen LogP contribution in [0.5, 0.6) is 6.01 Å². The molecule has 3 rings (SSSR count). The number of thiophene rings is 1. The Hall–Kier alpha value is -2.35. The van der Waals surface area contributed by atoms with Gasteiger partial charge in [0.2, 0.25) is 0 Å². The third kappa shape index (κ3) is 1.76. The number of nitrogens with zero attached hydrogens (tertiary/aromatic N) is 3. The molecule has 0 unspecified atom stereocenters. The van der Waals surface area contributed by atoms with Crippen molar-refractivity contribution in [3.63, 3.8) is 0 Å². The molecule has 3 heterocycles. The second-order valence-corrected chi connectivity index (χ2v) is 5.01. The van der Waals surface area contributed by atoms with Crippen molar-refractivity contribution >= 4 is 33.0 Å². The zero-order valence-corrected chi connectivity index (χ0v) is 11.6. The molecule has 0 fully saturated rings. The first-order valence-corrected chi connectivity index (χ1v) is 6.64. The van der Waals surface area contributed by atoms with Crippen LogP contribution in [0.25, 0.3) is 15.7 Å². The van der Waals surface area contributed by atoms with Crippen LogP contribution in [0, 0.1) is 0 Å². The average molecular weight is 293 g/mol. The van der Waals surface area contributed by atoms with Crippen molar-refractivity contribution < 1.29 is 14.3 Å². The number of rotatable bonds is 3. The van der Waals surface area contributed by atoms with Gasteiger partial charge in [0.25, 0.3) is 5.56 Å². The van der Waals surface area contributed by atoms with E-state index in [2.05, 4.69) is 9.84 Å². The molecule has 0 bridgehead atoms. The molecule has 8 heteroatoms. The summed E-state index contributed by atoms with van der Waals surface area (Å²) in [5.74, 6) is -0.542. The maximum atomic E-state index is 12.3. The molecule has 104 valence electrons. The summed E-state index contributed by atoms with van der Waals surface area (Å²) in [6, 6.07) is 3.90. The SMILES string of the molecule is COC(=O)Cn1nc(OC)n2c(cc3sccc32)c1=O. The van der Waals surface area contributed by atoms with Gasteiger partial charge < -0.3 is 9.47 Å². The predicted octanol–water partition coefficient (Wildman–Crippen LogP) is 0.892. The summed E-state index contributed by atoms with van der Waals surface area (Å²) in [6.07, 6.45) is 0. The number of fused-ring (bicyclic) bond motifs is 3. The maximum Gasteiger partial charge on any atom is 0.327 e. The number of ether oxygens (including phenoxy) is 2. The fourth-order valence-electron chi connectivity index (χ4n) is 2.04. The summed E-state index contributed by atoms with van der Waals surface area (Å²) in [7, 11) is 2.73. The molecule has 0 saturated carbocycles. The molecule has 0 aliphatic heterocycles. The van der Waals surface area contributed by atoms with Gasteiger partial charge in [-0.1, -0.05) is 0 Å². The van der Waals surface area contributed by atoms with E-state index in [0.29, 0.717) is 5.52 Å². The van der Waals surface area contributed by atoms with E-state index in [-0.39, 0.29) is 18.1 Å². The van der Waals surface area contributed by atoms with Crippen LogP contribution in [0.15, 0.2) is 22.3 Å². The van der Waals surface area contributed by atoms with Gasteiger partial charge in [0.1, 0.15) is 12.1 Å². The van der Waals surface area contributed by atoms with E-state index in [4.69, 9.17) is 4.74 Å². The van der Waals surface area contributed by atoms with Gasteiger partial charge >= 0.3 is 12.0 Å². The van der Waals surface area contributed by atoms with E-state index >= 15 is 0 Å². The van der Waals surface area contributed by atoms with Crippen molar-refractivity contribution in [2.24, 2.45) is 0 Å². The highest BCUT2D eigenvalue weighted by Gasteiger charge is 2.16. The first-order valence-electron chi connectivity index (χ1n) is 5.76. The minimum Gasteiger partial charge on any atom is -0.468 e. The number of aromatic nitrogens is 3. The summed E-state index contributed by atoms with van der Waals surface area (Å²) in [6.45, 7) is -0.249. The molecule has 0 aliphatic rings. The van der Waals surface area contributed by atoms with E-state index < -0.39 is 5.97 Å². The molecule has 7 nitrogen and oxygen atoms in total. The highest BCUT2D eigenvalue weighted by atomic mass is 32.1. The Labute approximate surface area is 116 Å². The number of methoxy groups -OCH3 is 2. The highest BCUT2D eigenvalue weighted by Crippen LogP contribution is 2.26. The molecular formula is C12H11N3O4S.